The summed E-state index contributed by atoms with van der Waals surface area (Å²) in [6.45, 7) is 1.92. The molecule has 1 aromatic carbocycles. The van der Waals surface area contributed by atoms with Crippen molar-refractivity contribution < 1.29 is 9.53 Å². The predicted molar refractivity (Wildman–Crippen MR) is 72.0 cm³/mol. The van der Waals surface area contributed by atoms with Gasteiger partial charge in [-0.15, -0.1) is 11.6 Å². The summed E-state index contributed by atoms with van der Waals surface area (Å²) in [4.78, 5) is 13.8. The predicted octanol–water partition coefficient (Wildman–Crippen LogP) is 2.69. The van der Waals surface area contributed by atoms with Crippen molar-refractivity contribution in [3.05, 3.63) is 30.3 Å². The zero-order valence-corrected chi connectivity index (χ0v) is 11.1. The molecule has 0 N–H and O–H groups in total. The van der Waals surface area contributed by atoms with Crippen LogP contribution in [0.2, 0.25) is 0 Å². The van der Waals surface area contributed by atoms with Crippen molar-refractivity contribution in [2.45, 2.75) is 24.6 Å². The molecule has 0 spiro atoms. The number of alkyl halides is 1. The van der Waals surface area contributed by atoms with Gasteiger partial charge in [0.1, 0.15) is 5.75 Å². The number of likely N-dealkylation sites (tertiary alicyclic amines) is 1. The fourth-order valence-corrected chi connectivity index (χ4v) is 2.40. The molecular weight excluding hydrogens is 250 g/mol. The number of para-hydroxylation sites is 1. The van der Waals surface area contributed by atoms with Crippen LogP contribution in [0, 0.1) is 0 Å². The lowest BCUT2D eigenvalue weighted by atomic mass is 10.1. The van der Waals surface area contributed by atoms with Gasteiger partial charge >= 0.3 is 0 Å². The maximum atomic E-state index is 11.9. The number of piperidine rings is 1. The highest BCUT2D eigenvalue weighted by atomic mass is 35.5. The van der Waals surface area contributed by atoms with Gasteiger partial charge in [-0.1, -0.05) is 18.2 Å². The molecule has 1 saturated heterocycles. The molecule has 1 aliphatic heterocycles. The third kappa shape index (κ3) is 3.91. The standard InChI is InChI=1S/C14H18ClNO2/c15-12-5-4-9-16(11-12)14(17)8-10-18-13-6-2-1-3-7-13/h1-3,6-7,12H,4-5,8-11H2. The molecule has 1 unspecified atom stereocenters. The highest BCUT2D eigenvalue weighted by Gasteiger charge is 2.21. The smallest absolute Gasteiger partial charge is 0.226 e. The second-order valence-electron chi connectivity index (χ2n) is 4.49. The van der Waals surface area contributed by atoms with Crippen LogP contribution in [0.5, 0.6) is 5.75 Å². The Bertz CT molecular complexity index is 383. The number of hydrogen-bond acceptors (Lipinski definition) is 2. The summed E-state index contributed by atoms with van der Waals surface area (Å²) in [7, 11) is 0. The van der Waals surface area contributed by atoms with Crippen LogP contribution in [0.1, 0.15) is 19.3 Å². The summed E-state index contributed by atoms with van der Waals surface area (Å²) in [5, 5.41) is 0.109. The van der Waals surface area contributed by atoms with Crippen LogP contribution in [0.4, 0.5) is 0 Å². The van der Waals surface area contributed by atoms with E-state index in [4.69, 9.17) is 16.3 Å². The van der Waals surface area contributed by atoms with Gasteiger partial charge in [-0.2, -0.15) is 0 Å². The number of carbonyl (C=O) groups is 1. The van der Waals surface area contributed by atoms with E-state index >= 15 is 0 Å². The molecule has 1 atom stereocenters. The van der Waals surface area contributed by atoms with Crippen LogP contribution < -0.4 is 4.74 Å². The largest absolute Gasteiger partial charge is 0.493 e. The maximum Gasteiger partial charge on any atom is 0.226 e. The minimum atomic E-state index is 0.109. The van der Waals surface area contributed by atoms with Crippen molar-refractivity contribution in [2.24, 2.45) is 0 Å². The molecule has 18 heavy (non-hydrogen) atoms. The SMILES string of the molecule is O=C(CCOc1ccccc1)N1CCCC(Cl)C1. The van der Waals surface area contributed by atoms with Gasteiger partial charge < -0.3 is 9.64 Å². The molecule has 0 bridgehead atoms. The molecule has 1 aromatic rings. The van der Waals surface area contributed by atoms with Crippen molar-refractivity contribution in [2.75, 3.05) is 19.7 Å². The van der Waals surface area contributed by atoms with Gasteiger partial charge in [0, 0.05) is 13.1 Å². The lowest BCUT2D eigenvalue weighted by molar-refractivity contribution is -0.132. The van der Waals surface area contributed by atoms with Crippen molar-refractivity contribution in [1.29, 1.82) is 0 Å². The zero-order valence-electron chi connectivity index (χ0n) is 10.3. The molecule has 1 aliphatic rings. The zero-order chi connectivity index (χ0) is 12.8. The molecule has 0 saturated carbocycles. The minimum absolute atomic E-state index is 0.109. The maximum absolute atomic E-state index is 11.9. The monoisotopic (exact) mass is 267 g/mol. The summed E-state index contributed by atoms with van der Waals surface area (Å²) in [5.74, 6) is 0.940. The Morgan fingerprint density at radius 1 is 1.39 bits per heavy atom. The molecule has 0 aliphatic carbocycles. The van der Waals surface area contributed by atoms with Gasteiger partial charge in [-0.3, -0.25) is 4.79 Å². The number of hydrogen-bond donors (Lipinski definition) is 0. The molecule has 4 heteroatoms. The number of benzene rings is 1. The summed E-state index contributed by atoms with van der Waals surface area (Å²) in [5.41, 5.74) is 0. The van der Waals surface area contributed by atoms with E-state index < -0.39 is 0 Å². The number of carbonyl (C=O) groups excluding carboxylic acids is 1. The van der Waals surface area contributed by atoms with E-state index in [9.17, 15) is 4.79 Å². The van der Waals surface area contributed by atoms with Crippen LogP contribution in [0.3, 0.4) is 0 Å². The number of ether oxygens (including phenoxy) is 1. The van der Waals surface area contributed by atoms with E-state index in [2.05, 4.69) is 0 Å². The van der Waals surface area contributed by atoms with Crippen LogP contribution in [0.15, 0.2) is 30.3 Å². The molecule has 3 nitrogen and oxygen atoms in total. The molecule has 98 valence electrons. The highest BCUT2D eigenvalue weighted by molar-refractivity contribution is 6.20. The Morgan fingerprint density at radius 3 is 2.89 bits per heavy atom. The summed E-state index contributed by atoms with van der Waals surface area (Å²) in [6, 6.07) is 9.55. The Labute approximate surface area is 113 Å². The summed E-state index contributed by atoms with van der Waals surface area (Å²) >= 11 is 6.06. The normalized spacial score (nSPS) is 19.6. The van der Waals surface area contributed by atoms with Gasteiger partial charge in [-0.05, 0) is 25.0 Å². The van der Waals surface area contributed by atoms with Crippen molar-refractivity contribution >= 4 is 17.5 Å². The number of amides is 1. The first-order valence-corrected chi connectivity index (χ1v) is 6.79. The quantitative estimate of drug-likeness (QED) is 0.785. The van der Waals surface area contributed by atoms with Crippen molar-refractivity contribution in [1.82, 2.24) is 4.90 Å². The van der Waals surface area contributed by atoms with Gasteiger partial charge in [0.2, 0.25) is 5.91 Å². The first-order valence-electron chi connectivity index (χ1n) is 6.35. The second kappa shape index (κ2) is 6.64. The number of rotatable bonds is 4. The van der Waals surface area contributed by atoms with Crippen LogP contribution in [-0.2, 0) is 4.79 Å². The fourth-order valence-electron chi connectivity index (χ4n) is 2.08. The average Bonchev–Trinajstić information content (AvgIpc) is 2.40. The van der Waals surface area contributed by atoms with E-state index in [1.54, 1.807) is 0 Å². The molecule has 1 amide bonds. The van der Waals surface area contributed by atoms with Gasteiger partial charge in [0.15, 0.2) is 0 Å². The van der Waals surface area contributed by atoms with Gasteiger partial charge in [0.05, 0.1) is 18.4 Å². The lowest BCUT2D eigenvalue weighted by Gasteiger charge is -2.29. The van der Waals surface area contributed by atoms with Gasteiger partial charge in [-0.25, -0.2) is 0 Å². The molecule has 1 fully saturated rings. The van der Waals surface area contributed by atoms with E-state index in [1.165, 1.54) is 0 Å². The Hall–Kier alpha value is -1.22. The third-order valence-corrected chi connectivity index (χ3v) is 3.40. The first-order chi connectivity index (χ1) is 8.75. The molecule has 0 radical (unpaired) electrons. The van der Waals surface area contributed by atoms with Crippen molar-refractivity contribution in [3.8, 4) is 5.75 Å². The van der Waals surface area contributed by atoms with E-state index in [0.29, 0.717) is 19.6 Å². The summed E-state index contributed by atoms with van der Waals surface area (Å²) in [6.07, 6.45) is 2.42. The van der Waals surface area contributed by atoms with Crippen LogP contribution in [-0.4, -0.2) is 35.9 Å². The Morgan fingerprint density at radius 2 is 2.17 bits per heavy atom. The number of halogens is 1. The lowest BCUT2D eigenvalue weighted by Crippen LogP contribution is -2.40. The van der Waals surface area contributed by atoms with E-state index in [0.717, 1.165) is 25.1 Å². The molecule has 0 aromatic heterocycles. The van der Waals surface area contributed by atoms with Crippen molar-refractivity contribution in [3.63, 3.8) is 0 Å². The molecule has 2 rings (SSSR count). The van der Waals surface area contributed by atoms with E-state index in [1.807, 2.05) is 35.2 Å². The topological polar surface area (TPSA) is 29.5 Å². The fraction of sp³-hybridized carbons (Fsp3) is 0.500. The third-order valence-electron chi connectivity index (χ3n) is 3.04. The van der Waals surface area contributed by atoms with E-state index in [-0.39, 0.29) is 11.3 Å². The highest BCUT2D eigenvalue weighted by Crippen LogP contribution is 2.16. The molecule has 1 heterocycles. The second-order valence-corrected chi connectivity index (χ2v) is 5.11. The Kier molecular flexibility index (Phi) is 4.88. The Balaban J connectivity index is 1.71. The first kappa shape index (κ1) is 13.2. The molecular formula is C14H18ClNO2. The van der Waals surface area contributed by atoms with Crippen LogP contribution in [0.25, 0.3) is 0 Å². The van der Waals surface area contributed by atoms with Crippen LogP contribution >= 0.6 is 11.6 Å². The van der Waals surface area contributed by atoms with Gasteiger partial charge in [0.25, 0.3) is 0 Å². The summed E-state index contributed by atoms with van der Waals surface area (Å²) < 4.78 is 5.51. The number of nitrogens with zero attached hydrogens (tertiary/aromatic N) is 1. The average molecular weight is 268 g/mol. The minimum Gasteiger partial charge on any atom is -0.493 e.